The molecular weight excluding hydrogens is 343 g/mol. The number of benzene rings is 3. The third kappa shape index (κ3) is 4.10. The Kier molecular flexibility index (Phi) is 6.58. The van der Waals surface area contributed by atoms with Gasteiger partial charge in [0.15, 0.2) is 0 Å². The summed E-state index contributed by atoms with van der Waals surface area (Å²) in [5.41, 5.74) is 0. The summed E-state index contributed by atoms with van der Waals surface area (Å²) in [6, 6.07) is 32.3. The Bertz CT molecular complexity index is 713. The summed E-state index contributed by atoms with van der Waals surface area (Å²) in [7, 11) is 0. The molecule has 0 fully saturated rings. The lowest BCUT2D eigenvalue weighted by Gasteiger charge is -2.28. The van der Waals surface area contributed by atoms with E-state index in [9.17, 15) is 0 Å². The molecule has 3 aromatic carbocycles. The number of hydrogen-bond acceptors (Lipinski definition) is 2. The van der Waals surface area contributed by atoms with E-state index >= 15 is 0 Å². The maximum absolute atomic E-state index is 6.11. The first-order chi connectivity index (χ1) is 12.4. The van der Waals surface area contributed by atoms with Crippen LogP contribution in [0.25, 0.3) is 0 Å². The topological polar surface area (TPSA) is 9.23 Å². The second kappa shape index (κ2) is 9.10. The molecule has 25 heavy (non-hydrogen) atoms. The van der Waals surface area contributed by atoms with E-state index in [2.05, 4.69) is 103 Å². The van der Waals surface area contributed by atoms with Crippen molar-refractivity contribution in [3.05, 3.63) is 91.0 Å². The minimum atomic E-state index is -1.95. The van der Waals surface area contributed by atoms with Crippen molar-refractivity contribution in [3.8, 4) is 0 Å². The first-order valence-electron chi connectivity index (χ1n) is 8.38. The zero-order chi connectivity index (χ0) is 17.4. The van der Waals surface area contributed by atoms with Gasteiger partial charge in [0.2, 0.25) is 0 Å². The molecule has 0 saturated heterocycles. The fourth-order valence-corrected chi connectivity index (χ4v) is 6.69. The summed E-state index contributed by atoms with van der Waals surface area (Å²) in [6.45, 7) is -1.22. The van der Waals surface area contributed by atoms with Crippen LogP contribution in [0.5, 0.6) is 0 Å². The van der Waals surface area contributed by atoms with Crippen molar-refractivity contribution >= 4 is 40.5 Å². The molecule has 3 rings (SSSR count). The van der Waals surface area contributed by atoms with Crippen LogP contribution in [-0.4, -0.2) is 24.6 Å². The van der Waals surface area contributed by atoms with E-state index in [0.29, 0.717) is 0 Å². The molecule has 128 valence electrons. The van der Waals surface area contributed by atoms with Gasteiger partial charge in [-0.1, -0.05) is 91.0 Å². The van der Waals surface area contributed by atoms with Gasteiger partial charge in [-0.25, -0.2) is 0 Å². The van der Waals surface area contributed by atoms with Crippen molar-refractivity contribution in [2.75, 3.05) is 18.6 Å². The van der Waals surface area contributed by atoms with Crippen LogP contribution in [0.15, 0.2) is 91.0 Å². The zero-order valence-electron chi connectivity index (χ0n) is 14.4. The van der Waals surface area contributed by atoms with E-state index < -0.39 is 6.89 Å². The molecule has 0 heterocycles. The molecule has 1 nitrogen and oxygen atoms in total. The van der Waals surface area contributed by atoms with Crippen LogP contribution in [-0.2, 0) is 4.74 Å². The van der Waals surface area contributed by atoms with Gasteiger partial charge in [0.1, 0.15) is 0 Å². The molecule has 0 atom stereocenters. The van der Waals surface area contributed by atoms with Crippen LogP contribution in [0.2, 0.25) is 0 Å². The minimum absolute atomic E-state index is 0.732. The third-order valence-corrected chi connectivity index (χ3v) is 8.51. The van der Waals surface area contributed by atoms with Crippen molar-refractivity contribution in [1.29, 1.82) is 0 Å². The average molecular weight is 366 g/mol. The highest BCUT2D eigenvalue weighted by Gasteiger charge is 2.25. The molecule has 0 unspecified atom stereocenters. The van der Waals surface area contributed by atoms with Crippen molar-refractivity contribution in [1.82, 2.24) is 0 Å². The highest BCUT2D eigenvalue weighted by atomic mass is 32.2. The standard InChI is InChI=1S/C22H23OPS/c1-25-18-17-23-19-24(20-11-5-2-6-12-20,21-13-7-3-8-14-21)22-15-9-4-10-16-22/h2-16,19H,17-18H2,1H3. The van der Waals surface area contributed by atoms with Crippen molar-refractivity contribution in [3.63, 3.8) is 0 Å². The highest BCUT2D eigenvalue weighted by molar-refractivity contribution is 7.98. The molecule has 0 aromatic heterocycles. The SMILES string of the molecule is CSCCOC=P(c1ccccc1)(c1ccccc1)c1ccccc1. The van der Waals surface area contributed by atoms with E-state index in [1.165, 1.54) is 15.9 Å². The smallest absolute Gasteiger partial charge is 0.0616 e. The fraction of sp³-hybridized carbons (Fsp3) is 0.136. The predicted octanol–water partition coefficient (Wildman–Crippen LogP) is 4.12. The lowest BCUT2D eigenvalue weighted by atomic mass is 10.4. The maximum Gasteiger partial charge on any atom is 0.0616 e. The van der Waals surface area contributed by atoms with Crippen molar-refractivity contribution in [2.24, 2.45) is 0 Å². The largest absolute Gasteiger partial charge is 0.352 e. The fourth-order valence-electron chi connectivity index (χ4n) is 2.92. The number of thioether (sulfide) groups is 1. The molecule has 0 radical (unpaired) electrons. The summed E-state index contributed by atoms with van der Waals surface area (Å²) in [6.07, 6.45) is 2.11. The van der Waals surface area contributed by atoms with Crippen molar-refractivity contribution < 1.29 is 4.74 Å². The third-order valence-electron chi connectivity index (χ3n) is 4.13. The van der Waals surface area contributed by atoms with Gasteiger partial charge in [-0.2, -0.15) is 11.8 Å². The number of rotatable bonds is 7. The van der Waals surface area contributed by atoms with E-state index in [-0.39, 0.29) is 0 Å². The monoisotopic (exact) mass is 366 g/mol. The van der Waals surface area contributed by atoms with Crippen LogP contribution in [0.3, 0.4) is 0 Å². The van der Waals surface area contributed by atoms with Crippen LogP contribution < -0.4 is 15.9 Å². The lowest BCUT2D eigenvalue weighted by molar-refractivity contribution is 0.355. The quantitative estimate of drug-likeness (QED) is 0.460. The van der Waals surface area contributed by atoms with Crippen LogP contribution >= 0.6 is 18.6 Å². The molecule has 0 N–H and O–H groups in total. The first kappa shape index (κ1) is 18.1. The van der Waals surface area contributed by atoms with E-state index in [1.54, 1.807) is 11.8 Å². The Morgan fingerprint density at radius 2 is 1.12 bits per heavy atom. The van der Waals surface area contributed by atoms with Gasteiger partial charge in [-0.3, -0.25) is 0 Å². The minimum Gasteiger partial charge on any atom is -0.352 e. The maximum atomic E-state index is 6.11. The van der Waals surface area contributed by atoms with E-state index in [1.807, 2.05) is 0 Å². The van der Waals surface area contributed by atoms with Gasteiger partial charge in [-0.15, -0.1) is 0 Å². The van der Waals surface area contributed by atoms with Gasteiger partial charge in [0.05, 0.1) is 6.61 Å². The summed E-state index contributed by atoms with van der Waals surface area (Å²) < 4.78 is 6.11. The first-order valence-corrected chi connectivity index (χ1v) is 11.6. The molecule has 0 saturated carbocycles. The Morgan fingerprint density at radius 1 is 0.720 bits per heavy atom. The van der Waals surface area contributed by atoms with Gasteiger partial charge >= 0.3 is 0 Å². The van der Waals surface area contributed by atoms with Crippen LogP contribution in [0, 0.1) is 0 Å². The summed E-state index contributed by atoms with van der Waals surface area (Å²) in [5, 5.41) is 3.95. The highest BCUT2D eigenvalue weighted by Crippen LogP contribution is 2.43. The van der Waals surface area contributed by atoms with Gasteiger partial charge in [0.25, 0.3) is 0 Å². The Hall–Kier alpha value is -1.73. The Balaban J connectivity index is 2.24. The van der Waals surface area contributed by atoms with Gasteiger partial charge in [-0.05, 0) is 29.1 Å². The average Bonchev–Trinajstić information content (AvgIpc) is 2.70. The number of ether oxygens (including phenoxy) is 1. The van der Waals surface area contributed by atoms with Crippen LogP contribution in [0.1, 0.15) is 0 Å². The van der Waals surface area contributed by atoms with Gasteiger partial charge < -0.3 is 4.74 Å². The summed E-state index contributed by atoms with van der Waals surface area (Å²) >= 11 is 1.81. The molecule has 0 aliphatic carbocycles. The Morgan fingerprint density at radius 3 is 1.48 bits per heavy atom. The van der Waals surface area contributed by atoms with E-state index in [0.717, 1.165) is 12.4 Å². The van der Waals surface area contributed by atoms with Gasteiger partial charge in [0, 0.05) is 11.7 Å². The molecule has 0 amide bonds. The lowest BCUT2D eigenvalue weighted by Crippen LogP contribution is -2.27. The molecule has 3 heteroatoms. The Labute approximate surface area is 155 Å². The zero-order valence-corrected chi connectivity index (χ0v) is 16.1. The van der Waals surface area contributed by atoms with E-state index in [4.69, 9.17) is 4.74 Å². The molecule has 0 spiro atoms. The molecule has 3 aromatic rings. The normalized spacial score (nSPS) is 11.2. The molecule has 0 aliphatic rings. The summed E-state index contributed by atoms with van der Waals surface area (Å²) in [5.74, 6) is 3.12. The second-order valence-corrected chi connectivity index (χ2v) is 9.89. The molecule has 0 bridgehead atoms. The predicted molar refractivity (Wildman–Crippen MR) is 116 cm³/mol. The van der Waals surface area contributed by atoms with Crippen LogP contribution in [0.4, 0.5) is 0 Å². The number of hydrogen-bond donors (Lipinski definition) is 0. The summed E-state index contributed by atoms with van der Waals surface area (Å²) in [4.78, 5) is 0. The van der Waals surface area contributed by atoms with Crippen molar-refractivity contribution in [2.45, 2.75) is 0 Å². The second-order valence-electron chi connectivity index (χ2n) is 5.70. The molecule has 0 aliphatic heterocycles. The molecular formula is C22H23OPS.